The molecule has 1 aromatic carbocycles. The third-order valence-electron chi connectivity index (χ3n) is 3.94. The van der Waals surface area contributed by atoms with E-state index in [2.05, 4.69) is 0 Å². The molecule has 0 unspecified atom stereocenters. The highest BCUT2D eigenvalue weighted by molar-refractivity contribution is 6.64. The lowest BCUT2D eigenvalue weighted by Crippen LogP contribution is -2.41. The van der Waals surface area contributed by atoms with Crippen molar-refractivity contribution in [3.05, 3.63) is 23.8 Å². The summed E-state index contributed by atoms with van der Waals surface area (Å²) in [6.45, 7) is 7.26. The van der Waals surface area contributed by atoms with Gasteiger partial charge < -0.3 is 19.2 Å². The predicted molar refractivity (Wildman–Crippen MR) is 75.3 cm³/mol. The van der Waals surface area contributed by atoms with Crippen molar-refractivity contribution in [2.24, 2.45) is 0 Å². The van der Waals surface area contributed by atoms with Crippen LogP contribution in [0.2, 0.25) is 0 Å². The summed E-state index contributed by atoms with van der Waals surface area (Å²) < 4.78 is 17.0. The molecular formula is C14H19BO5. The molecular weight excluding hydrogens is 259 g/mol. The van der Waals surface area contributed by atoms with Crippen LogP contribution >= 0.6 is 0 Å². The first-order valence-corrected chi connectivity index (χ1v) is 6.50. The molecule has 0 spiro atoms. The van der Waals surface area contributed by atoms with Crippen molar-refractivity contribution in [2.75, 3.05) is 6.79 Å². The van der Waals surface area contributed by atoms with E-state index in [9.17, 15) is 4.79 Å². The van der Waals surface area contributed by atoms with Crippen LogP contribution in [-0.2, 0) is 9.31 Å². The first kappa shape index (κ1) is 15.0. The van der Waals surface area contributed by atoms with Crippen molar-refractivity contribution >= 4 is 18.9 Å². The topological polar surface area (TPSA) is 65.0 Å². The van der Waals surface area contributed by atoms with Gasteiger partial charge in [-0.25, -0.2) is 0 Å². The lowest BCUT2D eigenvalue weighted by Gasteiger charge is -2.32. The summed E-state index contributed by atoms with van der Waals surface area (Å²) in [7, 11) is -0.706. The van der Waals surface area contributed by atoms with Gasteiger partial charge in [0.15, 0.2) is 6.79 Å². The first-order chi connectivity index (χ1) is 9.32. The largest absolute Gasteiger partial charge is 0.499 e. The van der Waals surface area contributed by atoms with E-state index in [0.29, 0.717) is 16.8 Å². The molecule has 0 amide bonds. The number of carbonyl (C=O) groups is 1. The van der Waals surface area contributed by atoms with E-state index in [1.807, 2.05) is 27.7 Å². The molecule has 1 aromatic rings. The van der Waals surface area contributed by atoms with E-state index >= 15 is 0 Å². The van der Waals surface area contributed by atoms with Crippen LogP contribution in [0.25, 0.3) is 0 Å². The van der Waals surface area contributed by atoms with Gasteiger partial charge in [0.05, 0.1) is 11.2 Å². The van der Waals surface area contributed by atoms with Gasteiger partial charge in [-0.1, -0.05) is 12.1 Å². The normalized spacial score (nSPS) is 19.9. The van der Waals surface area contributed by atoms with Gasteiger partial charge in [0, 0.05) is 11.0 Å². The van der Waals surface area contributed by atoms with Gasteiger partial charge in [-0.05, 0) is 33.8 Å². The number of ether oxygens (including phenoxy) is 1. The Morgan fingerprint density at radius 3 is 2.35 bits per heavy atom. The molecule has 1 saturated heterocycles. The van der Waals surface area contributed by atoms with Crippen molar-refractivity contribution in [2.45, 2.75) is 38.9 Å². The smallest absolute Gasteiger partial charge is 0.468 e. The first-order valence-electron chi connectivity index (χ1n) is 6.50. The summed E-state index contributed by atoms with van der Waals surface area (Å²) in [5.41, 5.74) is -0.0847. The molecule has 6 heteroatoms. The van der Waals surface area contributed by atoms with Gasteiger partial charge in [-0.2, -0.15) is 0 Å². The SMILES string of the molecule is CC1(C)OB(c2c(C=O)cccc2OCO)OC1(C)C. The average molecular weight is 278 g/mol. The second-order valence-electron chi connectivity index (χ2n) is 5.74. The second-order valence-corrected chi connectivity index (χ2v) is 5.74. The van der Waals surface area contributed by atoms with E-state index in [-0.39, 0.29) is 0 Å². The van der Waals surface area contributed by atoms with Crippen LogP contribution in [0.5, 0.6) is 5.75 Å². The molecule has 1 fully saturated rings. The number of hydrogen-bond donors (Lipinski definition) is 1. The van der Waals surface area contributed by atoms with Crippen LogP contribution in [-0.4, -0.2) is 36.5 Å². The fourth-order valence-corrected chi connectivity index (χ4v) is 2.07. The zero-order chi connectivity index (χ0) is 15.0. The molecule has 0 atom stereocenters. The Kier molecular flexibility index (Phi) is 3.91. The highest BCUT2D eigenvalue weighted by Gasteiger charge is 2.53. The number of carbonyl (C=O) groups excluding carboxylic acids is 1. The Morgan fingerprint density at radius 2 is 1.85 bits per heavy atom. The molecule has 0 aromatic heterocycles. The summed E-state index contributed by atoms with van der Waals surface area (Å²) in [5, 5.41) is 8.96. The minimum absolute atomic E-state index is 0.385. The molecule has 0 aliphatic carbocycles. The van der Waals surface area contributed by atoms with E-state index in [1.54, 1.807) is 18.2 Å². The molecule has 20 heavy (non-hydrogen) atoms. The molecule has 2 rings (SSSR count). The number of aliphatic hydroxyl groups is 1. The Hall–Kier alpha value is -1.37. The quantitative estimate of drug-likeness (QED) is 0.508. The zero-order valence-electron chi connectivity index (χ0n) is 12.2. The van der Waals surface area contributed by atoms with Crippen molar-refractivity contribution in [1.82, 2.24) is 0 Å². The van der Waals surface area contributed by atoms with Crippen molar-refractivity contribution < 1.29 is 23.9 Å². The van der Waals surface area contributed by atoms with E-state index in [0.717, 1.165) is 6.29 Å². The molecule has 0 saturated carbocycles. The van der Waals surface area contributed by atoms with Gasteiger partial charge in [-0.3, -0.25) is 4.79 Å². The molecule has 1 aliphatic rings. The van der Waals surface area contributed by atoms with E-state index in [4.69, 9.17) is 19.2 Å². The fraction of sp³-hybridized carbons (Fsp3) is 0.500. The Morgan fingerprint density at radius 1 is 1.25 bits per heavy atom. The Balaban J connectivity index is 2.45. The number of aldehydes is 1. The van der Waals surface area contributed by atoms with Crippen LogP contribution in [0.4, 0.5) is 0 Å². The molecule has 1 aliphatic heterocycles. The van der Waals surface area contributed by atoms with Crippen molar-refractivity contribution in [3.8, 4) is 5.75 Å². The predicted octanol–water partition coefficient (Wildman–Crippen LogP) is 1.13. The molecule has 0 bridgehead atoms. The number of benzene rings is 1. The molecule has 0 radical (unpaired) electrons. The number of aliphatic hydroxyl groups excluding tert-OH is 1. The number of rotatable bonds is 4. The van der Waals surface area contributed by atoms with Crippen LogP contribution in [0.15, 0.2) is 18.2 Å². The van der Waals surface area contributed by atoms with Crippen molar-refractivity contribution in [1.29, 1.82) is 0 Å². The molecule has 108 valence electrons. The average Bonchev–Trinajstić information content (AvgIpc) is 2.58. The van der Waals surface area contributed by atoms with Crippen molar-refractivity contribution in [3.63, 3.8) is 0 Å². The highest BCUT2D eigenvalue weighted by atomic mass is 16.7. The summed E-state index contributed by atoms with van der Waals surface area (Å²) in [5.74, 6) is 0.385. The Bertz CT molecular complexity index is 496. The third kappa shape index (κ3) is 2.46. The minimum atomic E-state index is -0.706. The van der Waals surface area contributed by atoms with Crippen LogP contribution in [0, 0.1) is 0 Å². The van der Waals surface area contributed by atoms with E-state index < -0.39 is 25.1 Å². The fourth-order valence-electron chi connectivity index (χ4n) is 2.07. The lowest BCUT2D eigenvalue weighted by atomic mass is 9.75. The Labute approximate surface area is 119 Å². The number of hydrogen-bond acceptors (Lipinski definition) is 5. The van der Waals surface area contributed by atoms with Gasteiger partial charge in [0.25, 0.3) is 0 Å². The van der Waals surface area contributed by atoms with Gasteiger partial charge in [-0.15, -0.1) is 0 Å². The maximum absolute atomic E-state index is 11.2. The zero-order valence-corrected chi connectivity index (χ0v) is 12.2. The summed E-state index contributed by atoms with van der Waals surface area (Å²) in [4.78, 5) is 11.2. The molecule has 5 nitrogen and oxygen atoms in total. The highest BCUT2D eigenvalue weighted by Crippen LogP contribution is 2.37. The van der Waals surface area contributed by atoms with Gasteiger partial charge >= 0.3 is 7.12 Å². The van der Waals surface area contributed by atoms with Crippen LogP contribution in [0.3, 0.4) is 0 Å². The second kappa shape index (κ2) is 5.20. The van der Waals surface area contributed by atoms with Gasteiger partial charge in [0.2, 0.25) is 0 Å². The minimum Gasteiger partial charge on any atom is -0.468 e. The monoisotopic (exact) mass is 278 g/mol. The van der Waals surface area contributed by atoms with E-state index in [1.165, 1.54) is 0 Å². The van der Waals surface area contributed by atoms with Crippen LogP contribution < -0.4 is 10.2 Å². The van der Waals surface area contributed by atoms with Gasteiger partial charge in [0.1, 0.15) is 12.0 Å². The third-order valence-corrected chi connectivity index (χ3v) is 3.94. The maximum atomic E-state index is 11.2. The van der Waals surface area contributed by atoms with Crippen LogP contribution in [0.1, 0.15) is 38.1 Å². The summed E-state index contributed by atoms with van der Waals surface area (Å²) in [6, 6.07) is 5.02. The standard InChI is InChI=1S/C14H19BO5/c1-13(2)14(3,4)20-15(19-13)12-10(8-16)6-5-7-11(12)18-9-17/h5-8,17H,9H2,1-4H3. The maximum Gasteiger partial charge on any atom is 0.499 e. The summed E-state index contributed by atoms with van der Waals surface area (Å²) >= 11 is 0. The molecule has 1 heterocycles. The lowest BCUT2D eigenvalue weighted by molar-refractivity contribution is 0.00578. The molecule has 1 N–H and O–H groups in total. The summed E-state index contributed by atoms with van der Waals surface area (Å²) in [6.07, 6.45) is 0.727.